The Labute approximate surface area is 149 Å². The summed E-state index contributed by atoms with van der Waals surface area (Å²) in [6.45, 7) is 6.31. The molecule has 0 aliphatic carbocycles. The van der Waals surface area contributed by atoms with Gasteiger partial charge in [-0.2, -0.15) is 5.26 Å². The number of ether oxygens (including phenoxy) is 1. The van der Waals surface area contributed by atoms with E-state index in [1.54, 1.807) is 18.2 Å². The van der Waals surface area contributed by atoms with Gasteiger partial charge < -0.3 is 9.64 Å². The molecule has 1 atom stereocenters. The molecule has 1 unspecified atom stereocenters. The monoisotopic (exact) mass is 339 g/mol. The molecule has 1 aromatic rings. The lowest BCUT2D eigenvalue weighted by Gasteiger charge is -2.36. The molecule has 0 aromatic heterocycles. The molecule has 5 heteroatoms. The van der Waals surface area contributed by atoms with Gasteiger partial charge in [0.05, 0.1) is 24.8 Å². The van der Waals surface area contributed by atoms with E-state index in [9.17, 15) is 4.79 Å². The molecule has 0 spiro atoms. The number of nitriles is 1. The fourth-order valence-corrected chi connectivity index (χ4v) is 3.57. The van der Waals surface area contributed by atoms with E-state index in [2.05, 4.69) is 11.0 Å². The topological polar surface area (TPSA) is 56.6 Å². The number of rotatable bonds is 4. The van der Waals surface area contributed by atoms with Gasteiger partial charge in [-0.25, -0.2) is 0 Å². The lowest BCUT2D eigenvalue weighted by Crippen LogP contribution is -2.45. The van der Waals surface area contributed by atoms with Gasteiger partial charge in [0.25, 0.3) is 0 Å². The molecule has 2 heterocycles. The zero-order valence-corrected chi connectivity index (χ0v) is 14.6. The molecule has 1 aromatic carbocycles. The van der Waals surface area contributed by atoms with Gasteiger partial charge in [-0.3, -0.25) is 9.69 Å². The molecule has 1 amide bonds. The Hall–Kier alpha value is -2.16. The number of carbonyl (C=O) groups is 1. The van der Waals surface area contributed by atoms with Gasteiger partial charge in [0.2, 0.25) is 5.91 Å². The minimum Gasteiger partial charge on any atom is -0.379 e. The summed E-state index contributed by atoms with van der Waals surface area (Å²) < 4.78 is 5.40. The summed E-state index contributed by atoms with van der Waals surface area (Å²) in [7, 11) is 0. The Morgan fingerprint density at radius 3 is 2.88 bits per heavy atom. The van der Waals surface area contributed by atoms with Gasteiger partial charge in [-0.05, 0) is 36.5 Å². The Bertz CT molecular complexity index is 659. The van der Waals surface area contributed by atoms with Crippen molar-refractivity contribution in [2.45, 2.75) is 12.8 Å². The molecule has 2 saturated heterocycles. The molecule has 3 rings (SSSR count). The van der Waals surface area contributed by atoms with Crippen LogP contribution in [0.15, 0.2) is 30.3 Å². The largest absolute Gasteiger partial charge is 0.379 e. The van der Waals surface area contributed by atoms with Crippen molar-refractivity contribution in [2.75, 3.05) is 45.9 Å². The van der Waals surface area contributed by atoms with Crippen molar-refractivity contribution >= 4 is 12.0 Å². The number of morpholine rings is 1. The summed E-state index contributed by atoms with van der Waals surface area (Å²) in [5, 5.41) is 9.13. The van der Waals surface area contributed by atoms with Crippen molar-refractivity contribution in [1.82, 2.24) is 9.80 Å². The van der Waals surface area contributed by atoms with Crippen molar-refractivity contribution in [2.24, 2.45) is 5.92 Å². The number of nitrogens with zero attached hydrogens (tertiary/aromatic N) is 3. The quantitative estimate of drug-likeness (QED) is 0.789. The Balaban J connectivity index is 1.56. The molecule has 5 nitrogen and oxygen atoms in total. The number of piperidine rings is 1. The smallest absolute Gasteiger partial charge is 0.246 e. The van der Waals surface area contributed by atoms with Crippen LogP contribution >= 0.6 is 0 Å². The highest BCUT2D eigenvalue weighted by molar-refractivity contribution is 5.92. The van der Waals surface area contributed by atoms with Gasteiger partial charge in [0, 0.05) is 38.8 Å². The van der Waals surface area contributed by atoms with E-state index < -0.39 is 0 Å². The van der Waals surface area contributed by atoms with Crippen LogP contribution in [-0.4, -0.2) is 61.6 Å². The maximum atomic E-state index is 12.5. The Morgan fingerprint density at radius 2 is 2.08 bits per heavy atom. The fourth-order valence-electron chi connectivity index (χ4n) is 3.57. The standard InChI is InChI=1S/C20H25N3O2/c21-14-19-6-2-1-5-18(19)7-8-20(24)23-9-3-4-17(16-23)15-22-10-12-25-13-11-22/h1-2,5-8,17H,3-4,9-13,15-16H2/b8-7+. The molecular weight excluding hydrogens is 314 g/mol. The molecule has 0 saturated carbocycles. The van der Waals surface area contributed by atoms with Crippen molar-refractivity contribution in [3.63, 3.8) is 0 Å². The third-order valence-electron chi connectivity index (χ3n) is 4.94. The minimum absolute atomic E-state index is 0.0411. The number of likely N-dealkylation sites (tertiary alicyclic amines) is 1. The lowest BCUT2D eigenvalue weighted by atomic mass is 9.97. The molecule has 132 valence electrons. The molecule has 25 heavy (non-hydrogen) atoms. The Kier molecular flexibility index (Phi) is 6.21. The van der Waals surface area contributed by atoms with E-state index in [1.807, 2.05) is 23.1 Å². The average Bonchev–Trinajstić information content (AvgIpc) is 2.67. The predicted octanol–water partition coefficient (Wildman–Crippen LogP) is 2.14. The lowest BCUT2D eigenvalue weighted by molar-refractivity contribution is -0.127. The van der Waals surface area contributed by atoms with Crippen LogP contribution in [0.25, 0.3) is 6.08 Å². The number of hydrogen-bond donors (Lipinski definition) is 0. The highest BCUT2D eigenvalue weighted by atomic mass is 16.5. The molecular formula is C20H25N3O2. The first kappa shape index (κ1) is 17.7. The van der Waals surface area contributed by atoms with Gasteiger partial charge in [-0.15, -0.1) is 0 Å². The maximum Gasteiger partial charge on any atom is 0.246 e. The maximum absolute atomic E-state index is 12.5. The molecule has 0 bridgehead atoms. The van der Waals surface area contributed by atoms with Crippen LogP contribution in [0.2, 0.25) is 0 Å². The number of amides is 1. The number of hydrogen-bond acceptors (Lipinski definition) is 4. The van der Waals surface area contributed by atoms with Gasteiger partial charge in [-0.1, -0.05) is 18.2 Å². The molecule has 2 aliphatic rings. The summed E-state index contributed by atoms with van der Waals surface area (Å²) in [5.41, 5.74) is 1.38. The summed E-state index contributed by atoms with van der Waals surface area (Å²) in [5.74, 6) is 0.579. The van der Waals surface area contributed by atoms with Crippen LogP contribution in [-0.2, 0) is 9.53 Å². The van der Waals surface area contributed by atoms with Crippen LogP contribution in [0.5, 0.6) is 0 Å². The second-order valence-electron chi connectivity index (χ2n) is 6.74. The van der Waals surface area contributed by atoms with Crippen molar-refractivity contribution in [1.29, 1.82) is 5.26 Å². The fraction of sp³-hybridized carbons (Fsp3) is 0.500. The van der Waals surface area contributed by atoms with Crippen LogP contribution in [0.1, 0.15) is 24.0 Å². The zero-order valence-electron chi connectivity index (χ0n) is 14.6. The third kappa shape index (κ3) is 4.91. The van der Waals surface area contributed by atoms with Crippen LogP contribution in [0.4, 0.5) is 0 Å². The SMILES string of the molecule is N#Cc1ccccc1/C=C/C(=O)N1CCCC(CN2CCOCC2)C1. The van der Waals surface area contributed by atoms with Crippen LogP contribution in [0, 0.1) is 17.2 Å². The van der Waals surface area contributed by atoms with E-state index in [0.29, 0.717) is 11.5 Å². The van der Waals surface area contributed by atoms with Crippen molar-refractivity contribution < 1.29 is 9.53 Å². The van der Waals surface area contributed by atoms with E-state index in [4.69, 9.17) is 10.00 Å². The highest BCUT2D eigenvalue weighted by Gasteiger charge is 2.24. The van der Waals surface area contributed by atoms with Crippen molar-refractivity contribution in [3.05, 3.63) is 41.5 Å². The van der Waals surface area contributed by atoms with E-state index in [1.165, 1.54) is 6.42 Å². The molecule has 0 radical (unpaired) electrons. The summed E-state index contributed by atoms with van der Waals surface area (Å²) in [4.78, 5) is 16.9. The van der Waals surface area contributed by atoms with Crippen LogP contribution < -0.4 is 0 Å². The normalized spacial score (nSPS) is 22.0. The highest BCUT2D eigenvalue weighted by Crippen LogP contribution is 2.19. The second kappa shape index (κ2) is 8.80. The number of carbonyl (C=O) groups excluding carboxylic acids is 1. The molecule has 0 N–H and O–H groups in total. The van der Waals surface area contributed by atoms with Gasteiger partial charge in [0.15, 0.2) is 0 Å². The average molecular weight is 339 g/mol. The zero-order chi connectivity index (χ0) is 17.5. The first-order valence-corrected chi connectivity index (χ1v) is 9.02. The van der Waals surface area contributed by atoms with E-state index in [0.717, 1.165) is 57.9 Å². The number of benzene rings is 1. The second-order valence-corrected chi connectivity index (χ2v) is 6.74. The predicted molar refractivity (Wildman–Crippen MR) is 96.8 cm³/mol. The minimum atomic E-state index is 0.0411. The third-order valence-corrected chi connectivity index (χ3v) is 4.94. The van der Waals surface area contributed by atoms with E-state index in [-0.39, 0.29) is 5.91 Å². The molecule has 2 fully saturated rings. The van der Waals surface area contributed by atoms with Crippen molar-refractivity contribution in [3.8, 4) is 6.07 Å². The van der Waals surface area contributed by atoms with Gasteiger partial charge in [0.1, 0.15) is 0 Å². The summed E-state index contributed by atoms with van der Waals surface area (Å²) >= 11 is 0. The summed E-state index contributed by atoms with van der Waals surface area (Å²) in [6.07, 6.45) is 5.60. The first-order chi connectivity index (χ1) is 12.3. The van der Waals surface area contributed by atoms with Crippen LogP contribution in [0.3, 0.4) is 0 Å². The van der Waals surface area contributed by atoms with Gasteiger partial charge >= 0.3 is 0 Å². The first-order valence-electron chi connectivity index (χ1n) is 9.02. The van der Waals surface area contributed by atoms with E-state index >= 15 is 0 Å². The Morgan fingerprint density at radius 1 is 1.28 bits per heavy atom. The molecule has 2 aliphatic heterocycles. The summed E-state index contributed by atoms with van der Waals surface area (Å²) in [6, 6.07) is 9.50.